The van der Waals surface area contributed by atoms with Crippen LogP contribution in [0.15, 0.2) is 54.6 Å². The van der Waals surface area contributed by atoms with Gasteiger partial charge in [0.2, 0.25) is 0 Å². The summed E-state index contributed by atoms with van der Waals surface area (Å²) in [6.45, 7) is 6.17. The van der Waals surface area contributed by atoms with Crippen molar-refractivity contribution in [3.63, 3.8) is 0 Å². The van der Waals surface area contributed by atoms with Gasteiger partial charge in [0.15, 0.2) is 5.52 Å². The number of nitrogens with zero attached hydrogens (tertiary/aromatic N) is 2. The Morgan fingerprint density at radius 2 is 1.70 bits per heavy atom. The number of aromatic nitrogens is 1. The van der Waals surface area contributed by atoms with Gasteiger partial charge in [-0.05, 0) is 55.7 Å². The molecule has 5 nitrogen and oxygen atoms in total. The summed E-state index contributed by atoms with van der Waals surface area (Å²) in [6, 6.07) is 17.1. The van der Waals surface area contributed by atoms with Crippen molar-refractivity contribution in [2.24, 2.45) is 0 Å². The first-order valence-electron chi connectivity index (χ1n) is 8.76. The van der Waals surface area contributed by atoms with Crippen molar-refractivity contribution in [1.82, 2.24) is 4.98 Å². The third-order valence-corrected chi connectivity index (χ3v) is 4.99. The molecular weight excluding hydrogens is 338 g/mol. The molecule has 0 fully saturated rings. The summed E-state index contributed by atoms with van der Waals surface area (Å²) in [5.41, 5.74) is 6.41. The Morgan fingerprint density at radius 3 is 2.44 bits per heavy atom. The van der Waals surface area contributed by atoms with Crippen molar-refractivity contribution in [2.75, 3.05) is 5.32 Å². The first-order valence-corrected chi connectivity index (χ1v) is 8.76. The number of hydrogen-bond acceptors (Lipinski definition) is 4. The van der Waals surface area contributed by atoms with Gasteiger partial charge < -0.3 is 5.32 Å². The van der Waals surface area contributed by atoms with Gasteiger partial charge in [0.25, 0.3) is 5.69 Å². The molecule has 5 heteroatoms. The van der Waals surface area contributed by atoms with E-state index in [0.29, 0.717) is 5.52 Å². The second-order valence-electron chi connectivity index (χ2n) is 6.81. The van der Waals surface area contributed by atoms with Gasteiger partial charge >= 0.3 is 0 Å². The SMILES string of the molecule is Cc1ccc(Nc2c3cccc([N+](=O)[O-])c3nc3cccc(C)c23)cc1C. The van der Waals surface area contributed by atoms with Crippen LogP contribution in [0.25, 0.3) is 21.8 Å². The fourth-order valence-electron chi connectivity index (χ4n) is 3.42. The zero-order valence-corrected chi connectivity index (χ0v) is 15.4. The molecule has 0 amide bonds. The molecule has 1 heterocycles. The fraction of sp³-hybridized carbons (Fsp3) is 0.136. The minimum atomic E-state index is -0.378. The first kappa shape index (κ1) is 17.0. The standard InChI is InChI=1S/C22H19N3O2/c1-13-10-11-16(12-15(13)3)23-22-17-7-5-9-19(25(26)27)21(17)24-18-8-4-6-14(2)20(18)22/h4-12H,1-3H3,(H,23,24). The lowest BCUT2D eigenvalue weighted by atomic mass is 10.0. The average molecular weight is 357 g/mol. The number of aryl methyl sites for hydroxylation is 3. The van der Waals surface area contributed by atoms with Crippen LogP contribution in [-0.4, -0.2) is 9.91 Å². The maximum absolute atomic E-state index is 11.5. The molecule has 0 spiro atoms. The molecule has 0 saturated heterocycles. The summed E-state index contributed by atoms with van der Waals surface area (Å²) in [5, 5.41) is 16.7. The number of hydrogen-bond donors (Lipinski definition) is 1. The maximum atomic E-state index is 11.5. The highest BCUT2D eigenvalue weighted by Gasteiger charge is 2.18. The topological polar surface area (TPSA) is 68.1 Å². The number of nitro benzene ring substituents is 1. The molecule has 3 aromatic carbocycles. The smallest absolute Gasteiger partial charge is 0.295 e. The van der Waals surface area contributed by atoms with E-state index >= 15 is 0 Å². The van der Waals surface area contributed by atoms with Crippen LogP contribution < -0.4 is 5.32 Å². The molecule has 0 aliphatic rings. The molecule has 0 atom stereocenters. The Kier molecular flexibility index (Phi) is 4.00. The van der Waals surface area contributed by atoms with Crippen LogP contribution in [0.1, 0.15) is 16.7 Å². The molecular formula is C22H19N3O2. The number of para-hydroxylation sites is 1. The molecule has 4 aromatic rings. The van der Waals surface area contributed by atoms with Crippen LogP contribution >= 0.6 is 0 Å². The molecule has 0 unspecified atom stereocenters. The van der Waals surface area contributed by atoms with Crippen molar-refractivity contribution in [2.45, 2.75) is 20.8 Å². The van der Waals surface area contributed by atoms with E-state index in [2.05, 4.69) is 36.3 Å². The third kappa shape index (κ3) is 2.87. The molecule has 0 bridgehead atoms. The van der Waals surface area contributed by atoms with Crippen LogP contribution in [-0.2, 0) is 0 Å². The molecule has 4 rings (SSSR count). The van der Waals surface area contributed by atoms with E-state index in [1.165, 1.54) is 17.2 Å². The molecule has 1 aromatic heterocycles. The van der Waals surface area contributed by atoms with Crippen LogP contribution in [0.2, 0.25) is 0 Å². The second kappa shape index (κ2) is 6.36. The molecule has 0 saturated carbocycles. The van der Waals surface area contributed by atoms with E-state index in [-0.39, 0.29) is 10.6 Å². The Balaban J connectivity index is 2.07. The van der Waals surface area contributed by atoms with Crippen LogP contribution in [0.4, 0.5) is 17.1 Å². The molecule has 0 radical (unpaired) electrons. The van der Waals surface area contributed by atoms with Crippen LogP contribution in [0.5, 0.6) is 0 Å². The van der Waals surface area contributed by atoms with Gasteiger partial charge in [-0.2, -0.15) is 0 Å². The quantitative estimate of drug-likeness (QED) is 0.279. The number of nitrogens with one attached hydrogen (secondary N) is 1. The van der Waals surface area contributed by atoms with E-state index in [9.17, 15) is 10.1 Å². The number of fused-ring (bicyclic) bond motifs is 2. The van der Waals surface area contributed by atoms with Gasteiger partial charge in [0.05, 0.1) is 16.1 Å². The lowest BCUT2D eigenvalue weighted by Gasteiger charge is -2.15. The zero-order valence-electron chi connectivity index (χ0n) is 15.4. The van der Waals surface area contributed by atoms with E-state index < -0.39 is 0 Å². The summed E-state index contributed by atoms with van der Waals surface area (Å²) in [6.07, 6.45) is 0. The monoisotopic (exact) mass is 357 g/mol. The van der Waals surface area contributed by atoms with E-state index in [4.69, 9.17) is 0 Å². The van der Waals surface area contributed by atoms with Gasteiger partial charge in [-0.15, -0.1) is 0 Å². The van der Waals surface area contributed by atoms with Crippen molar-refractivity contribution < 1.29 is 4.92 Å². The summed E-state index contributed by atoms with van der Waals surface area (Å²) >= 11 is 0. The minimum Gasteiger partial charge on any atom is -0.354 e. The van der Waals surface area contributed by atoms with Crippen molar-refractivity contribution in [3.05, 3.63) is 81.4 Å². The maximum Gasteiger partial charge on any atom is 0.295 e. The largest absolute Gasteiger partial charge is 0.354 e. The molecule has 134 valence electrons. The summed E-state index contributed by atoms with van der Waals surface area (Å²) in [7, 11) is 0. The molecule has 0 aliphatic heterocycles. The van der Waals surface area contributed by atoms with Crippen molar-refractivity contribution >= 4 is 38.9 Å². The van der Waals surface area contributed by atoms with Gasteiger partial charge in [0, 0.05) is 22.5 Å². The number of non-ortho nitro benzene ring substituents is 1. The summed E-state index contributed by atoms with van der Waals surface area (Å²) < 4.78 is 0. The second-order valence-corrected chi connectivity index (χ2v) is 6.81. The van der Waals surface area contributed by atoms with E-state index in [0.717, 1.165) is 33.2 Å². The highest BCUT2D eigenvalue weighted by atomic mass is 16.6. The molecule has 27 heavy (non-hydrogen) atoms. The van der Waals surface area contributed by atoms with E-state index in [1.54, 1.807) is 6.07 Å². The number of anilines is 2. The zero-order chi connectivity index (χ0) is 19.1. The highest BCUT2D eigenvalue weighted by molar-refractivity contribution is 6.11. The third-order valence-electron chi connectivity index (χ3n) is 4.99. The number of rotatable bonds is 3. The molecule has 1 N–H and O–H groups in total. The Bertz CT molecular complexity index is 1220. The van der Waals surface area contributed by atoms with Gasteiger partial charge in [-0.3, -0.25) is 10.1 Å². The van der Waals surface area contributed by atoms with Crippen molar-refractivity contribution in [1.29, 1.82) is 0 Å². The number of nitro groups is 1. The van der Waals surface area contributed by atoms with Gasteiger partial charge in [0.1, 0.15) is 0 Å². The first-order chi connectivity index (χ1) is 13.0. The van der Waals surface area contributed by atoms with Crippen LogP contribution in [0.3, 0.4) is 0 Å². The highest BCUT2D eigenvalue weighted by Crippen LogP contribution is 2.38. The fourth-order valence-corrected chi connectivity index (χ4v) is 3.42. The summed E-state index contributed by atoms with van der Waals surface area (Å²) in [5.74, 6) is 0. The number of benzene rings is 3. The Labute approximate surface area is 156 Å². The predicted octanol–water partition coefficient (Wildman–Crippen LogP) is 5.97. The summed E-state index contributed by atoms with van der Waals surface area (Å²) in [4.78, 5) is 15.7. The lowest BCUT2D eigenvalue weighted by molar-refractivity contribution is -0.383. The molecule has 0 aliphatic carbocycles. The van der Waals surface area contributed by atoms with Crippen molar-refractivity contribution in [3.8, 4) is 0 Å². The lowest BCUT2D eigenvalue weighted by Crippen LogP contribution is -1.99. The van der Waals surface area contributed by atoms with Gasteiger partial charge in [-0.1, -0.05) is 30.3 Å². The Morgan fingerprint density at radius 1 is 0.926 bits per heavy atom. The average Bonchev–Trinajstić information content (AvgIpc) is 2.64. The number of pyridine rings is 1. The van der Waals surface area contributed by atoms with Crippen LogP contribution in [0, 0.1) is 30.9 Å². The normalized spacial score (nSPS) is 11.1. The van der Waals surface area contributed by atoms with E-state index in [1.807, 2.05) is 37.3 Å². The minimum absolute atomic E-state index is 0.0130. The van der Waals surface area contributed by atoms with Gasteiger partial charge in [-0.25, -0.2) is 4.98 Å². The predicted molar refractivity (Wildman–Crippen MR) is 110 cm³/mol. The Hall–Kier alpha value is -3.47.